The molecule has 0 saturated carbocycles. The maximum absolute atomic E-state index is 13.4. The van der Waals surface area contributed by atoms with Gasteiger partial charge in [0, 0.05) is 11.0 Å². The zero-order chi connectivity index (χ0) is 13.5. The maximum Gasteiger partial charge on any atom is 0.254 e. The van der Waals surface area contributed by atoms with E-state index in [1.54, 1.807) is 6.07 Å². The van der Waals surface area contributed by atoms with Gasteiger partial charge in [0.1, 0.15) is 5.82 Å². The van der Waals surface area contributed by atoms with E-state index in [-0.39, 0.29) is 11.5 Å². The summed E-state index contributed by atoms with van der Waals surface area (Å²) in [5.41, 5.74) is 0.0910. The molecule has 0 aliphatic carbocycles. The molecule has 0 heterocycles. The highest BCUT2D eigenvalue weighted by Crippen LogP contribution is 2.15. The molecule has 1 N–H and O–H groups in total. The van der Waals surface area contributed by atoms with Crippen LogP contribution in [0, 0.1) is 11.7 Å². The van der Waals surface area contributed by atoms with Crippen LogP contribution in [0.5, 0.6) is 0 Å². The van der Waals surface area contributed by atoms with E-state index in [1.165, 1.54) is 12.1 Å². The van der Waals surface area contributed by atoms with E-state index >= 15 is 0 Å². The van der Waals surface area contributed by atoms with Crippen LogP contribution in [-0.4, -0.2) is 12.5 Å². The Labute approximate surface area is 116 Å². The first kappa shape index (κ1) is 15.2. The first-order valence-electron chi connectivity index (χ1n) is 6.24. The lowest BCUT2D eigenvalue weighted by molar-refractivity contribution is 0.0949. The van der Waals surface area contributed by atoms with E-state index in [0.29, 0.717) is 16.9 Å². The molecular weight excluding hydrogens is 297 g/mol. The fraction of sp³-hybridized carbons (Fsp3) is 0.500. The highest BCUT2D eigenvalue weighted by atomic mass is 79.9. The Hall–Kier alpha value is -0.900. The number of hydrogen-bond acceptors (Lipinski definition) is 1. The van der Waals surface area contributed by atoms with Crippen LogP contribution in [-0.2, 0) is 0 Å². The predicted octanol–water partition coefficient (Wildman–Crippen LogP) is 4.14. The van der Waals surface area contributed by atoms with Gasteiger partial charge in [0.05, 0.1) is 5.56 Å². The molecule has 2 nitrogen and oxygen atoms in total. The maximum atomic E-state index is 13.4. The molecular formula is C14H19BrFNO. The van der Waals surface area contributed by atoms with Gasteiger partial charge >= 0.3 is 0 Å². The number of benzene rings is 1. The molecule has 0 radical (unpaired) electrons. The predicted molar refractivity (Wildman–Crippen MR) is 75.1 cm³/mol. The van der Waals surface area contributed by atoms with Gasteiger partial charge in [-0.3, -0.25) is 4.79 Å². The molecule has 0 saturated heterocycles. The number of unbranched alkanes of at least 4 members (excludes halogenated alkanes) is 1. The average molecular weight is 316 g/mol. The van der Waals surface area contributed by atoms with Gasteiger partial charge in [-0.2, -0.15) is 0 Å². The summed E-state index contributed by atoms with van der Waals surface area (Å²) in [6.45, 7) is 4.95. The van der Waals surface area contributed by atoms with Crippen molar-refractivity contribution in [2.45, 2.75) is 33.1 Å². The first-order valence-corrected chi connectivity index (χ1v) is 7.03. The molecule has 0 fully saturated rings. The smallest absolute Gasteiger partial charge is 0.254 e. The Morgan fingerprint density at radius 2 is 2.11 bits per heavy atom. The molecule has 100 valence electrons. The molecule has 0 unspecified atom stereocenters. The largest absolute Gasteiger partial charge is 0.352 e. The van der Waals surface area contributed by atoms with E-state index in [4.69, 9.17) is 0 Å². The van der Waals surface area contributed by atoms with Crippen LogP contribution in [0.4, 0.5) is 4.39 Å². The SMILES string of the molecule is CC(C)CCCCNC(=O)c1cc(Br)ccc1F. The molecule has 1 aromatic carbocycles. The Kier molecular flexibility index (Phi) is 6.33. The van der Waals surface area contributed by atoms with Crippen molar-refractivity contribution in [3.63, 3.8) is 0 Å². The third kappa shape index (κ3) is 5.17. The highest BCUT2D eigenvalue weighted by Gasteiger charge is 2.11. The summed E-state index contributed by atoms with van der Waals surface area (Å²) in [6.07, 6.45) is 3.17. The van der Waals surface area contributed by atoms with Gasteiger partial charge in [-0.1, -0.05) is 42.6 Å². The molecule has 0 bridgehead atoms. The molecule has 0 aliphatic rings. The third-order valence-corrected chi connectivity index (χ3v) is 3.16. The molecule has 4 heteroatoms. The van der Waals surface area contributed by atoms with E-state index in [1.807, 2.05) is 0 Å². The van der Waals surface area contributed by atoms with Gasteiger partial charge < -0.3 is 5.32 Å². The van der Waals surface area contributed by atoms with Crippen LogP contribution < -0.4 is 5.32 Å². The lowest BCUT2D eigenvalue weighted by Gasteiger charge is -2.07. The Morgan fingerprint density at radius 1 is 1.39 bits per heavy atom. The van der Waals surface area contributed by atoms with Gasteiger partial charge in [-0.05, 0) is 30.5 Å². The molecule has 1 aromatic rings. The molecule has 1 amide bonds. The average Bonchev–Trinajstić information content (AvgIpc) is 2.31. The van der Waals surface area contributed by atoms with Gasteiger partial charge in [0.2, 0.25) is 0 Å². The summed E-state index contributed by atoms with van der Waals surface area (Å²) >= 11 is 3.23. The van der Waals surface area contributed by atoms with E-state index in [2.05, 4.69) is 35.1 Å². The monoisotopic (exact) mass is 315 g/mol. The fourth-order valence-corrected chi connectivity index (χ4v) is 2.01. The van der Waals surface area contributed by atoms with Crippen molar-refractivity contribution >= 4 is 21.8 Å². The van der Waals surface area contributed by atoms with Crippen molar-refractivity contribution in [1.82, 2.24) is 5.32 Å². The summed E-state index contributed by atoms with van der Waals surface area (Å²) < 4.78 is 14.1. The third-order valence-electron chi connectivity index (χ3n) is 2.67. The van der Waals surface area contributed by atoms with Crippen molar-refractivity contribution < 1.29 is 9.18 Å². The number of halogens is 2. The van der Waals surface area contributed by atoms with E-state index in [0.717, 1.165) is 19.3 Å². The summed E-state index contributed by atoms with van der Waals surface area (Å²) in [7, 11) is 0. The second-order valence-electron chi connectivity index (χ2n) is 4.77. The minimum Gasteiger partial charge on any atom is -0.352 e. The van der Waals surface area contributed by atoms with Crippen molar-refractivity contribution in [2.24, 2.45) is 5.92 Å². The molecule has 0 aromatic heterocycles. The summed E-state index contributed by atoms with van der Waals surface area (Å²) in [4.78, 5) is 11.7. The van der Waals surface area contributed by atoms with Crippen LogP contribution in [0.3, 0.4) is 0 Å². The zero-order valence-electron chi connectivity index (χ0n) is 10.8. The summed E-state index contributed by atoms with van der Waals surface area (Å²) in [5.74, 6) is -0.153. The normalized spacial score (nSPS) is 10.7. The van der Waals surface area contributed by atoms with Crippen LogP contribution in [0.25, 0.3) is 0 Å². The fourth-order valence-electron chi connectivity index (χ4n) is 1.65. The number of rotatable bonds is 6. The first-order chi connectivity index (χ1) is 8.50. The topological polar surface area (TPSA) is 29.1 Å². The van der Waals surface area contributed by atoms with Gasteiger partial charge in [-0.15, -0.1) is 0 Å². The number of hydrogen-bond donors (Lipinski definition) is 1. The lowest BCUT2D eigenvalue weighted by Crippen LogP contribution is -2.25. The number of carbonyl (C=O) groups is 1. The van der Waals surface area contributed by atoms with Gasteiger partial charge in [0.15, 0.2) is 0 Å². The summed E-state index contributed by atoms with van der Waals surface area (Å²) in [5, 5.41) is 2.74. The highest BCUT2D eigenvalue weighted by molar-refractivity contribution is 9.10. The Balaban J connectivity index is 2.39. The molecule has 0 aliphatic heterocycles. The van der Waals surface area contributed by atoms with Crippen molar-refractivity contribution in [2.75, 3.05) is 6.54 Å². The second-order valence-corrected chi connectivity index (χ2v) is 5.69. The number of amides is 1. The standard InChI is InChI=1S/C14H19BrFNO/c1-10(2)5-3-4-8-17-14(18)12-9-11(15)6-7-13(12)16/h6-7,9-10H,3-5,8H2,1-2H3,(H,17,18). The van der Waals surface area contributed by atoms with Crippen LogP contribution in [0.1, 0.15) is 43.5 Å². The van der Waals surface area contributed by atoms with Gasteiger partial charge in [-0.25, -0.2) is 4.39 Å². The molecule has 18 heavy (non-hydrogen) atoms. The second kappa shape index (κ2) is 7.52. The summed E-state index contributed by atoms with van der Waals surface area (Å²) in [6, 6.07) is 4.37. The zero-order valence-corrected chi connectivity index (χ0v) is 12.4. The quantitative estimate of drug-likeness (QED) is 0.785. The molecule has 0 spiro atoms. The van der Waals surface area contributed by atoms with Crippen LogP contribution in [0.15, 0.2) is 22.7 Å². The van der Waals surface area contributed by atoms with Gasteiger partial charge in [0.25, 0.3) is 5.91 Å². The Morgan fingerprint density at radius 3 is 2.78 bits per heavy atom. The molecule has 0 atom stereocenters. The van der Waals surface area contributed by atoms with E-state index in [9.17, 15) is 9.18 Å². The van der Waals surface area contributed by atoms with Crippen LogP contribution in [0.2, 0.25) is 0 Å². The lowest BCUT2D eigenvalue weighted by atomic mass is 10.1. The minimum absolute atomic E-state index is 0.0910. The number of carbonyl (C=O) groups excluding carboxylic acids is 1. The van der Waals surface area contributed by atoms with E-state index < -0.39 is 5.82 Å². The van der Waals surface area contributed by atoms with Crippen molar-refractivity contribution in [3.05, 3.63) is 34.1 Å². The Bertz CT molecular complexity index is 407. The van der Waals surface area contributed by atoms with Crippen molar-refractivity contribution in [1.29, 1.82) is 0 Å². The van der Waals surface area contributed by atoms with Crippen LogP contribution >= 0.6 is 15.9 Å². The molecule has 1 rings (SSSR count). The minimum atomic E-state index is -0.488. The number of nitrogens with one attached hydrogen (secondary N) is 1. The van der Waals surface area contributed by atoms with Crippen molar-refractivity contribution in [3.8, 4) is 0 Å².